The maximum Gasteiger partial charge on any atom is 0.104 e. The van der Waals surface area contributed by atoms with Crippen molar-refractivity contribution < 1.29 is 0 Å². The molecule has 0 amide bonds. The minimum absolute atomic E-state index is 0.00833. The Labute approximate surface area is 372 Å². The van der Waals surface area contributed by atoms with Gasteiger partial charge in [0.2, 0.25) is 0 Å². The summed E-state index contributed by atoms with van der Waals surface area (Å²) in [6.45, 7) is 0. The summed E-state index contributed by atoms with van der Waals surface area (Å²) >= 11 is 0. The lowest BCUT2D eigenvalue weighted by molar-refractivity contribution is 0.444. The molecule has 13 rings (SSSR count). The standard InChI is InChI=1S/C60H44N4/c1-3-13-39(14-4-1)40-23-30-47(31-24-40)64-56-35-29-45(38-52(56)58-48-18-8-7-15-41(48)27-36-57(58)64)44-28-34-55-51(37-44)49-19-10-12-22-54(49)63(55)46-32-25-43(26-33-46)60-61-53-21-11-9-20-50(53)59(62-60)42-16-5-2-6-17-42/h1-8,10-19,21-38,53,60-62H,9,20H2. The number of rotatable bonds is 6. The first kappa shape index (κ1) is 36.7. The van der Waals surface area contributed by atoms with Crippen LogP contribution < -0.4 is 10.6 Å². The molecule has 0 saturated heterocycles. The van der Waals surface area contributed by atoms with Gasteiger partial charge in [0.05, 0.1) is 28.1 Å². The average Bonchev–Trinajstić information content (AvgIpc) is 3.89. The zero-order valence-electron chi connectivity index (χ0n) is 35.2. The maximum absolute atomic E-state index is 3.89. The minimum Gasteiger partial charge on any atom is -0.365 e. The van der Waals surface area contributed by atoms with Crippen LogP contribution in [0.3, 0.4) is 0 Å². The number of benzene rings is 9. The summed E-state index contributed by atoms with van der Waals surface area (Å²) in [5, 5.41) is 15.3. The molecule has 11 aromatic rings. The highest BCUT2D eigenvalue weighted by Gasteiger charge is 2.29. The number of nitrogens with zero attached hydrogens (tertiary/aromatic N) is 2. The van der Waals surface area contributed by atoms with E-state index in [0.29, 0.717) is 0 Å². The van der Waals surface area contributed by atoms with Crippen molar-refractivity contribution in [3.05, 3.63) is 235 Å². The maximum atomic E-state index is 3.89. The number of fused-ring (bicyclic) bond motifs is 9. The van der Waals surface area contributed by atoms with Crippen LogP contribution in [0.4, 0.5) is 0 Å². The van der Waals surface area contributed by atoms with Gasteiger partial charge in [0, 0.05) is 38.6 Å². The molecule has 0 saturated carbocycles. The van der Waals surface area contributed by atoms with E-state index in [0.717, 1.165) is 24.2 Å². The highest BCUT2D eigenvalue weighted by molar-refractivity contribution is 6.22. The van der Waals surface area contributed by atoms with E-state index < -0.39 is 0 Å². The van der Waals surface area contributed by atoms with Crippen LogP contribution in [-0.2, 0) is 0 Å². The average molecular weight is 821 g/mol. The van der Waals surface area contributed by atoms with E-state index in [1.165, 1.54) is 99.0 Å². The predicted octanol–water partition coefficient (Wildman–Crippen LogP) is 14.7. The molecule has 2 aliphatic rings. The van der Waals surface area contributed by atoms with Crippen molar-refractivity contribution in [3.63, 3.8) is 0 Å². The van der Waals surface area contributed by atoms with Gasteiger partial charge < -0.3 is 14.5 Å². The molecule has 4 nitrogen and oxygen atoms in total. The van der Waals surface area contributed by atoms with E-state index in [4.69, 9.17) is 0 Å². The van der Waals surface area contributed by atoms with Gasteiger partial charge in [-0.25, -0.2) is 0 Å². The second-order valence-electron chi connectivity index (χ2n) is 17.3. The normalized spacial score (nSPS) is 16.2. The Kier molecular flexibility index (Phi) is 8.53. The molecular formula is C60H44N4. The molecule has 2 atom stereocenters. The molecular weight excluding hydrogens is 777 g/mol. The topological polar surface area (TPSA) is 33.9 Å². The SMILES string of the molecule is C1=CC2NC(c3ccc(-n4c5ccccc5c5cc(-c6ccc7c(c6)c6c8ccccc8ccc6n7-c6ccc(-c7ccccc7)cc6)ccc54)cc3)NC(c3ccccc3)=C2CC1. The third-order valence-electron chi connectivity index (χ3n) is 13.7. The molecule has 2 N–H and O–H groups in total. The van der Waals surface area contributed by atoms with Gasteiger partial charge >= 0.3 is 0 Å². The van der Waals surface area contributed by atoms with Crippen LogP contribution in [0.15, 0.2) is 224 Å². The zero-order chi connectivity index (χ0) is 42.1. The van der Waals surface area contributed by atoms with Crippen LogP contribution >= 0.6 is 0 Å². The summed E-state index contributed by atoms with van der Waals surface area (Å²) in [6, 6.07) is 75.9. The Morgan fingerprint density at radius 1 is 0.422 bits per heavy atom. The molecule has 0 radical (unpaired) electrons. The Morgan fingerprint density at radius 2 is 0.984 bits per heavy atom. The fraction of sp³-hybridized carbons (Fsp3) is 0.0667. The van der Waals surface area contributed by atoms with E-state index in [-0.39, 0.29) is 12.2 Å². The van der Waals surface area contributed by atoms with Crippen molar-refractivity contribution >= 4 is 60.1 Å². The number of allylic oxidation sites excluding steroid dienone is 1. The number of hydrogen-bond acceptors (Lipinski definition) is 2. The van der Waals surface area contributed by atoms with E-state index >= 15 is 0 Å². The van der Waals surface area contributed by atoms with Crippen molar-refractivity contribution in [2.24, 2.45) is 0 Å². The summed E-state index contributed by atoms with van der Waals surface area (Å²) in [6.07, 6.45) is 6.78. The first-order valence-corrected chi connectivity index (χ1v) is 22.5. The van der Waals surface area contributed by atoms with E-state index in [1.54, 1.807) is 0 Å². The number of hydrogen-bond donors (Lipinski definition) is 2. The lowest BCUT2D eigenvalue weighted by Crippen LogP contribution is -2.46. The van der Waals surface area contributed by atoms with Crippen molar-refractivity contribution in [2.45, 2.75) is 25.0 Å². The Hall–Kier alpha value is -7.92. The van der Waals surface area contributed by atoms with Crippen molar-refractivity contribution in [1.29, 1.82) is 0 Å². The lowest BCUT2D eigenvalue weighted by Gasteiger charge is -2.37. The largest absolute Gasteiger partial charge is 0.365 e. The number of aromatic nitrogens is 2. The second-order valence-corrected chi connectivity index (χ2v) is 17.3. The van der Waals surface area contributed by atoms with E-state index in [2.05, 4.69) is 238 Å². The Morgan fingerprint density at radius 3 is 1.75 bits per heavy atom. The van der Waals surface area contributed by atoms with E-state index in [9.17, 15) is 0 Å². The van der Waals surface area contributed by atoms with E-state index in [1.807, 2.05) is 0 Å². The number of para-hydroxylation sites is 1. The molecule has 3 heterocycles. The van der Waals surface area contributed by atoms with Crippen LogP contribution in [0, 0.1) is 0 Å². The highest BCUT2D eigenvalue weighted by Crippen LogP contribution is 2.41. The highest BCUT2D eigenvalue weighted by atomic mass is 15.2. The predicted molar refractivity (Wildman–Crippen MR) is 268 cm³/mol. The van der Waals surface area contributed by atoms with Gasteiger partial charge in [-0.1, -0.05) is 158 Å². The second kappa shape index (κ2) is 14.9. The fourth-order valence-corrected chi connectivity index (χ4v) is 10.6. The third-order valence-corrected chi connectivity index (χ3v) is 13.7. The van der Waals surface area contributed by atoms with Crippen LogP contribution in [-0.4, -0.2) is 15.2 Å². The molecule has 64 heavy (non-hydrogen) atoms. The van der Waals surface area contributed by atoms with Crippen molar-refractivity contribution in [2.75, 3.05) is 0 Å². The molecule has 1 aliphatic heterocycles. The summed E-state index contributed by atoms with van der Waals surface area (Å²) in [5.41, 5.74) is 17.1. The molecule has 1 aliphatic carbocycles. The molecule has 304 valence electrons. The zero-order valence-corrected chi connectivity index (χ0v) is 35.2. The van der Waals surface area contributed by atoms with Crippen molar-refractivity contribution in [3.8, 4) is 33.6 Å². The lowest BCUT2D eigenvalue weighted by atomic mass is 9.89. The molecule has 9 aromatic carbocycles. The van der Waals surface area contributed by atoms with Gasteiger partial charge in [-0.2, -0.15) is 0 Å². The van der Waals surface area contributed by atoms with Crippen LogP contribution in [0.2, 0.25) is 0 Å². The first-order chi connectivity index (χ1) is 31.7. The first-order valence-electron chi connectivity index (χ1n) is 22.5. The summed E-state index contributed by atoms with van der Waals surface area (Å²) < 4.78 is 4.85. The molecule has 2 unspecified atom stereocenters. The summed E-state index contributed by atoms with van der Waals surface area (Å²) in [7, 11) is 0. The minimum atomic E-state index is -0.00833. The summed E-state index contributed by atoms with van der Waals surface area (Å²) in [4.78, 5) is 0. The molecule has 0 fully saturated rings. The van der Waals surface area contributed by atoms with Crippen LogP contribution in [0.1, 0.15) is 30.1 Å². The van der Waals surface area contributed by atoms with Gasteiger partial charge in [-0.05, 0) is 123 Å². The molecule has 4 heteroatoms. The Bertz CT molecular complexity index is 3650. The smallest absolute Gasteiger partial charge is 0.104 e. The van der Waals surface area contributed by atoms with Gasteiger partial charge in [-0.15, -0.1) is 0 Å². The van der Waals surface area contributed by atoms with Crippen molar-refractivity contribution in [1.82, 2.24) is 19.8 Å². The molecule has 0 spiro atoms. The Balaban J connectivity index is 0.894. The molecule has 2 aromatic heterocycles. The number of nitrogens with one attached hydrogen (secondary N) is 2. The van der Waals surface area contributed by atoms with Gasteiger partial charge in [-0.3, -0.25) is 5.32 Å². The fourth-order valence-electron chi connectivity index (χ4n) is 10.6. The monoisotopic (exact) mass is 820 g/mol. The van der Waals surface area contributed by atoms with Crippen LogP contribution in [0.5, 0.6) is 0 Å². The third kappa shape index (κ3) is 5.95. The summed E-state index contributed by atoms with van der Waals surface area (Å²) in [5.74, 6) is 0. The van der Waals surface area contributed by atoms with Gasteiger partial charge in [0.25, 0.3) is 0 Å². The quantitative estimate of drug-likeness (QED) is 0.164. The molecule has 0 bridgehead atoms. The van der Waals surface area contributed by atoms with Gasteiger partial charge in [0.15, 0.2) is 0 Å². The van der Waals surface area contributed by atoms with Gasteiger partial charge in [0.1, 0.15) is 6.17 Å². The van der Waals surface area contributed by atoms with Crippen LogP contribution in [0.25, 0.3) is 93.7 Å².